The SMILES string of the molecule is COC(=O)c1c(C)[nH]c(C(=O)C(C)OC(=O)CNC(=O)c2ccco2)c1C. The third-order valence-electron chi connectivity index (χ3n) is 3.89. The number of aromatic amines is 1. The minimum atomic E-state index is -1.11. The molecule has 2 N–H and O–H groups in total. The third-order valence-corrected chi connectivity index (χ3v) is 3.89. The molecule has 2 aromatic heterocycles. The van der Waals surface area contributed by atoms with Gasteiger partial charge in [-0.1, -0.05) is 0 Å². The number of esters is 2. The summed E-state index contributed by atoms with van der Waals surface area (Å²) in [4.78, 5) is 50.7. The van der Waals surface area contributed by atoms with E-state index in [4.69, 9.17) is 13.9 Å². The van der Waals surface area contributed by atoms with Crippen LogP contribution in [0.2, 0.25) is 0 Å². The van der Waals surface area contributed by atoms with Crippen molar-refractivity contribution in [1.29, 1.82) is 0 Å². The molecule has 1 atom stereocenters. The molecule has 144 valence electrons. The Hall–Kier alpha value is -3.36. The van der Waals surface area contributed by atoms with Gasteiger partial charge in [-0.05, 0) is 38.5 Å². The normalized spacial score (nSPS) is 11.6. The van der Waals surface area contributed by atoms with Gasteiger partial charge in [0.2, 0.25) is 5.78 Å². The van der Waals surface area contributed by atoms with Crippen molar-refractivity contribution in [2.45, 2.75) is 26.9 Å². The summed E-state index contributed by atoms with van der Waals surface area (Å²) in [5.74, 6) is -2.37. The summed E-state index contributed by atoms with van der Waals surface area (Å²) >= 11 is 0. The number of aryl methyl sites for hydroxylation is 1. The van der Waals surface area contributed by atoms with Crippen LogP contribution in [0.15, 0.2) is 22.8 Å². The van der Waals surface area contributed by atoms with Crippen molar-refractivity contribution in [2.75, 3.05) is 13.7 Å². The number of Topliss-reactive ketones (excluding diaryl/α,β-unsaturated/α-hetero) is 1. The van der Waals surface area contributed by atoms with Crippen LogP contribution in [0.4, 0.5) is 0 Å². The average Bonchev–Trinajstić information content (AvgIpc) is 3.26. The van der Waals surface area contributed by atoms with E-state index < -0.39 is 36.3 Å². The standard InChI is InChI=1S/C18H20N2O7/c1-9-14(18(24)25-4)10(2)20-15(9)16(22)11(3)27-13(21)8-19-17(23)12-6-5-7-26-12/h5-7,11,20H,8H2,1-4H3,(H,19,23). The lowest BCUT2D eigenvalue weighted by Gasteiger charge is -2.12. The molecular formula is C18H20N2O7. The molecule has 1 amide bonds. The fraction of sp³-hybridized carbons (Fsp3) is 0.333. The van der Waals surface area contributed by atoms with Gasteiger partial charge in [-0.15, -0.1) is 0 Å². The molecule has 1 unspecified atom stereocenters. The van der Waals surface area contributed by atoms with Crippen LogP contribution in [0, 0.1) is 13.8 Å². The molecule has 0 aliphatic heterocycles. The Morgan fingerprint density at radius 2 is 1.96 bits per heavy atom. The van der Waals surface area contributed by atoms with Crippen LogP contribution in [-0.2, 0) is 14.3 Å². The Bertz CT molecular complexity index is 865. The van der Waals surface area contributed by atoms with Crippen LogP contribution in [0.3, 0.4) is 0 Å². The molecule has 2 heterocycles. The Labute approximate surface area is 155 Å². The molecule has 9 nitrogen and oxygen atoms in total. The van der Waals surface area contributed by atoms with Gasteiger partial charge < -0.3 is 24.2 Å². The topological polar surface area (TPSA) is 128 Å². The van der Waals surface area contributed by atoms with Crippen LogP contribution < -0.4 is 5.32 Å². The number of hydrogen-bond acceptors (Lipinski definition) is 7. The maximum Gasteiger partial charge on any atom is 0.339 e. The number of carbonyl (C=O) groups excluding carboxylic acids is 4. The van der Waals surface area contributed by atoms with E-state index in [9.17, 15) is 19.2 Å². The first-order chi connectivity index (χ1) is 12.8. The summed E-state index contributed by atoms with van der Waals surface area (Å²) in [5.41, 5.74) is 1.32. The number of amides is 1. The van der Waals surface area contributed by atoms with Crippen LogP contribution in [0.1, 0.15) is 49.6 Å². The maximum atomic E-state index is 12.5. The predicted octanol–water partition coefficient (Wildman–Crippen LogP) is 1.56. The Morgan fingerprint density at radius 3 is 2.56 bits per heavy atom. The molecule has 9 heteroatoms. The first-order valence-corrected chi connectivity index (χ1v) is 8.09. The van der Waals surface area contributed by atoms with Crippen molar-refractivity contribution in [3.8, 4) is 0 Å². The Kier molecular flexibility index (Phi) is 6.17. The molecule has 0 saturated carbocycles. The van der Waals surface area contributed by atoms with Crippen LogP contribution in [0.5, 0.6) is 0 Å². The minimum absolute atomic E-state index is 0.0553. The summed E-state index contributed by atoms with van der Waals surface area (Å²) in [6, 6.07) is 2.99. The lowest BCUT2D eigenvalue weighted by Crippen LogP contribution is -2.34. The van der Waals surface area contributed by atoms with Crippen molar-refractivity contribution >= 4 is 23.6 Å². The van der Waals surface area contributed by atoms with Gasteiger partial charge in [0.15, 0.2) is 11.9 Å². The number of ether oxygens (including phenoxy) is 2. The number of carbonyl (C=O) groups is 4. The maximum absolute atomic E-state index is 12.5. The summed E-state index contributed by atoms with van der Waals surface area (Å²) in [6.07, 6.45) is 0.220. The highest BCUT2D eigenvalue weighted by molar-refractivity contribution is 6.04. The highest BCUT2D eigenvalue weighted by Crippen LogP contribution is 2.20. The molecule has 0 radical (unpaired) electrons. The van der Waals surface area contributed by atoms with E-state index >= 15 is 0 Å². The number of methoxy groups -OCH3 is 1. The molecule has 0 bridgehead atoms. The van der Waals surface area contributed by atoms with Crippen molar-refractivity contribution in [1.82, 2.24) is 10.3 Å². The summed E-state index contributed by atoms with van der Waals surface area (Å²) in [6.45, 7) is 4.22. The zero-order valence-electron chi connectivity index (χ0n) is 15.4. The molecule has 2 rings (SSSR count). The first kappa shape index (κ1) is 20.0. The highest BCUT2D eigenvalue weighted by Gasteiger charge is 2.27. The molecule has 0 fully saturated rings. The van der Waals surface area contributed by atoms with Gasteiger partial charge in [-0.3, -0.25) is 14.4 Å². The monoisotopic (exact) mass is 376 g/mol. The van der Waals surface area contributed by atoms with Gasteiger partial charge in [0.1, 0.15) is 6.54 Å². The quantitative estimate of drug-likeness (QED) is 0.554. The summed E-state index contributed by atoms with van der Waals surface area (Å²) in [7, 11) is 1.25. The van der Waals surface area contributed by atoms with Gasteiger partial charge in [0.05, 0.1) is 24.6 Å². The van der Waals surface area contributed by atoms with Crippen molar-refractivity contribution < 1.29 is 33.1 Å². The largest absolute Gasteiger partial charge is 0.465 e. The van der Waals surface area contributed by atoms with Gasteiger partial charge in [-0.25, -0.2) is 4.79 Å². The lowest BCUT2D eigenvalue weighted by atomic mass is 10.1. The minimum Gasteiger partial charge on any atom is -0.465 e. The molecule has 0 spiro atoms. The van der Waals surface area contributed by atoms with Crippen molar-refractivity contribution in [3.05, 3.63) is 46.7 Å². The van der Waals surface area contributed by atoms with E-state index in [0.717, 1.165) is 0 Å². The Balaban J connectivity index is 1.98. The van der Waals surface area contributed by atoms with Gasteiger partial charge in [0, 0.05) is 5.69 Å². The van der Waals surface area contributed by atoms with E-state index in [-0.39, 0.29) is 17.0 Å². The van der Waals surface area contributed by atoms with Crippen molar-refractivity contribution in [3.63, 3.8) is 0 Å². The number of rotatable bonds is 7. The number of ketones is 1. The summed E-state index contributed by atoms with van der Waals surface area (Å²) in [5, 5.41) is 2.33. The fourth-order valence-corrected chi connectivity index (χ4v) is 2.55. The zero-order chi connectivity index (χ0) is 20.1. The molecule has 0 aromatic carbocycles. The van der Waals surface area contributed by atoms with E-state index in [1.54, 1.807) is 13.8 Å². The van der Waals surface area contributed by atoms with Gasteiger partial charge in [0.25, 0.3) is 5.91 Å². The summed E-state index contributed by atoms with van der Waals surface area (Å²) < 4.78 is 14.7. The molecule has 0 aliphatic rings. The second-order valence-corrected chi connectivity index (χ2v) is 5.77. The average molecular weight is 376 g/mol. The van der Waals surface area contributed by atoms with Crippen LogP contribution in [0.25, 0.3) is 0 Å². The van der Waals surface area contributed by atoms with Gasteiger partial charge in [-0.2, -0.15) is 0 Å². The van der Waals surface area contributed by atoms with Crippen LogP contribution in [-0.4, -0.2) is 48.4 Å². The molecule has 0 aliphatic carbocycles. The molecular weight excluding hydrogens is 356 g/mol. The van der Waals surface area contributed by atoms with Gasteiger partial charge >= 0.3 is 11.9 Å². The first-order valence-electron chi connectivity index (χ1n) is 8.09. The van der Waals surface area contributed by atoms with Crippen LogP contribution >= 0.6 is 0 Å². The predicted molar refractivity (Wildman–Crippen MR) is 92.5 cm³/mol. The van der Waals surface area contributed by atoms with E-state index in [0.29, 0.717) is 11.3 Å². The van der Waals surface area contributed by atoms with Crippen molar-refractivity contribution in [2.24, 2.45) is 0 Å². The number of aromatic nitrogens is 1. The number of hydrogen-bond donors (Lipinski definition) is 2. The third kappa shape index (κ3) is 4.43. The lowest BCUT2D eigenvalue weighted by molar-refractivity contribution is -0.145. The number of furan rings is 1. The second kappa shape index (κ2) is 8.35. The zero-order valence-corrected chi connectivity index (χ0v) is 15.4. The number of H-pyrrole nitrogens is 1. The Morgan fingerprint density at radius 1 is 1.26 bits per heavy atom. The second-order valence-electron chi connectivity index (χ2n) is 5.77. The smallest absolute Gasteiger partial charge is 0.339 e. The highest BCUT2D eigenvalue weighted by atomic mass is 16.5. The molecule has 0 saturated heterocycles. The fourth-order valence-electron chi connectivity index (χ4n) is 2.55. The van der Waals surface area contributed by atoms with E-state index in [1.165, 1.54) is 32.4 Å². The molecule has 2 aromatic rings. The number of nitrogens with one attached hydrogen (secondary N) is 2. The van der Waals surface area contributed by atoms with E-state index in [2.05, 4.69) is 10.3 Å². The van der Waals surface area contributed by atoms with E-state index in [1.807, 2.05) is 0 Å². The molecule has 27 heavy (non-hydrogen) atoms.